The molecule has 0 aliphatic rings. The average molecular weight is 340 g/mol. The van der Waals surface area contributed by atoms with Crippen LogP contribution in [-0.4, -0.2) is 18.5 Å². The monoisotopic (exact) mass is 340 g/mol. The molecule has 0 saturated carbocycles. The molecule has 2 aromatic carbocycles. The van der Waals surface area contributed by atoms with Crippen molar-refractivity contribution in [1.29, 1.82) is 0 Å². The van der Waals surface area contributed by atoms with Crippen molar-refractivity contribution in [2.75, 3.05) is 6.61 Å². The lowest BCUT2D eigenvalue weighted by Gasteiger charge is -2.09. The van der Waals surface area contributed by atoms with Crippen LogP contribution in [0.1, 0.15) is 18.1 Å². The Hall–Kier alpha value is -3.08. The maximum atomic E-state index is 12.2. The van der Waals surface area contributed by atoms with Crippen LogP contribution in [0, 0.1) is 0 Å². The van der Waals surface area contributed by atoms with Crippen LogP contribution in [-0.2, 0) is 37.0 Å². The van der Waals surface area contributed by atoms with Gasteiger partial charge in [-0.2, -0.15) is 0 Å². The predicted octanol–water partition coefficient (Wildman–Crippen LogP) is 3.39. The minimum atomic E-state index is -0.782. The van der Waals surface area contributed by atoms with Crippen LogP contribution in [0.5, 0.6) is 0 Å². The molecule has 0 saturated heterocycles. The number of ether oxygens (including phenoxy) is 3. The van der Waals surface area contributed by atoms with E-state index in [1.54, 1.807) is 6.92 Å². The van der Waals surface area contributed by atoms with Crippen LogP contribution >= 0.6 is 0 Å². The van der Waals surface area contributed by atoms with Gasteiger partial charge >= 0.3 is 11.9 Å². The summed E-state index contributed by atoms with van der Waals surface area (Å²) in [7, 11) is 0. The molecule has 0 aliphatic carbocycles. The zero-order valence-corrected chi connectivity index (χ0v) is 14.0. The van der Waals surface area contributed by atoms with Gasteiger partial charge in [0.25, 0.3) is 0 Å². The molecule has 0 aromatic heterocycles. The van der Waals surface area contributed by atoms with E-state index in [1.807, 2.05) is 60.7 Å². The van der Waals surface area contributed by atoms with Gasteiger partial charge in [0, 0.05) is 0 Å². The smallest absolute Gasteiger partial charge is 0.349 e. The Labute approximate surface area is 146 Å². The molecule has 0 unspecified atom stereocenters. The topological polar surface area (TPSA) is 61.8 Å². The van der Waals surface area contributed by atoms with Crippen LogP contribution < -0.4 is 0 Å². The molecule has 0 atom stereocenters. The largest absolute Gasteiger partial charge is 0.500 e. The maximum absolute atomic E-state index is 12.2. The Balaban J connectivity index is 1.96. The Bertz CT molecular complexity index is 650. The van der Waals surface area contributed by atoms with Gasteiger partial charge in [0.1, 0.15) is 19.5 Å². The first-order valence-corrected chi connectivity index (χ1v) is 7.94. The normalized spacial score (nSPS) is 9.80. The quantitative estimate of drug-likeness (QED) is 0.242. The zero-order chi connectivity index (χ0) is 17.9. The lowest BCUT2D eigenvalue weighted by Crippen LogP contribution is -2.19. The molecule has 130 valence electrons. The van der Waals surface area contributed by atoms with Crippen molar-refractivity contribution < 1.29 is 23.8 Å². The molecule has 0 fully saturated rings. The summed E-state index contributed by atoms with van der Waals surface area (Å²) in [5.41, 5.74) is 1.38. The van der Waals surface area contributed by atoms with E-state index in [1.165, 1.54) is 0 Å². The summed E-state index contributed by atoms with van der Waals surface area (Å²) in [5.74, 6) is -1.56. The lowest BCUT2D eigenvalue weighted by atomic mass is 10.2. The van der Waals surface area contributed by atoms with Gasteiger partial charge < -0.3 is 14.2 Å². The van der Waals surface area contributed by atoms with Gasteiger partial charge in [-0.3, -0.25) is 0 Å². The molecule has 0 amide bonds. The van der Waals surface area contributed by atoms with Gasteiger partial charge in [0.15, 0.2) is 5.57 Å². The van der Waals surface area contributed by atoms with Crippen molar-refractivity contribution in [2.45, 2.75) is 20.1 Å². The fourth-order valence-electron chi connectivity index (χ4n) is 1.95. The summed E-state index contributed by atoms with van der Waals surface area (Å²) in [6.07, 6.45) is 1.08. The highest BCUT2D eigenvalue weighted by Gasteiger charge is 2.22. The van der Waals surface area contributed by atoms with E-state index in [0.29, 0.717) is 6.61 Å². The highest BCUT2D eigenvalue weighted by Crippen LogP contribution is 2.09. The van der Waals surface area contributed by atoms with Crippen molar-refractivity contribution in [1.82, 2.24) is 0 Å². The standard InChI is InChI=1S/C20H20O5/c1-2-23-15-18(19(21)24-13-16-9-5-3-6-10-16)20(22)25-14-17-11-7-4-8-12-17/h3-12,15H,2,13-14H2,1H3. The number of esters is 2. The number of carbonyl (C=O) groups is 2. The van der Waals surface area contributed by atoms with Gasteiger partial charge in [-0.15, -0.1) is 0 Å². The Kier molecular flexibility index (Phi) is 7.25. The fourth-order valence-corrected chi connectivity index (χ4v) is 1.95. The van der Waals surface area contributed by atoms with E-state index in [0.717, 1.165) is 17.4 Å². The van der Waals surface area contributed by atoms with Gasteiger partial charge in [0.05, 0.1) is 6.61 Å². The van der Waals surface area contributed by atoms with E-state index in [4.69, 9.17) is 14.2 Å². The third kappa shape index (κ3) is 6.14. The van der Waals surface area contributed by atoms with Crippen LogP contribution in [0.15, 0.2) is 72.5 Å². The molecule has 0 bridgehead atoms. The maximum Gasteiger partial charge on any atom is 0.349 e. The lowest BCUT2D eigenvalue weighted by molar-refractivity contribution is -0.148. The summed E-state index contributed by atoms with van der Waals surface area (Å²) < 4.78 is 15.4. The molecule has 5 heteroatoms. The first-order chi connectivity index (χ1) is 12.2. The summed E-state index contributed by atoms with van der Waals surface area (Å²) in [5, 5.41) is 0. The second kappa shape index (κ2) is 9.93. The number of hydrogen-bond acceptors (Lipinski definition) is 5. The van der Waals surface area contributed by atoms with Gasteiger partial charge in [-0.25, -0.2) is 9.59 Å². The number of hydrogen-bond donors (Lipinski definition) is 0. The molecule has 0 heterocycles. The highest BCUT2D eigenvalue weighted by molar-refractivity contribution is 6.13. The fraction of sp³-hybridized carbons (Fsp3) is 0.200. The molecule has 5 nitrogen and oxygen atoms in total. The third-order valence-electron chi connectivity index (χ3n) is 3.23. The number of benzene rings is 2. The van der Waals surface area contributed by atoms with Crippen molar-refractivity contribution >= 4 is 11.9 Å². The van der Waals surface area contributed by atoms with Crippen molar-refractivity contribution in [3.63, 3.8) is 0 Å². The van der Waals surface area contributed by atoms with E-state index >= 15 is 0 Å². The van der Waals surface area contributed by atoms with Crippen molar-refractivity contribution in [3.05, 3.63) is 83.6 Å². The molecule has 25 heavy (non-hydrogen) atoms. The van der Waals surface area contributed by atoms with Gasteiger partial charge in [-0.05, 0) is 18.1 Å². The van der Waals surface area contributed by atoms with Gasteiger partial charge in [0.2, 0.25) is 0 Å². The highest BCUT2D eigenvalue weighted by atomic mass is 16.6. The van der Waals surface area contributed by atoms with Crippen LogP contribution in [0.4, 0.5) is 0 Å². The third-order valence-corrected chi connectivity index (χ3v) is 3.23. The van der Waals surface area contributed by atoms with E-state index in [-0.39, 0.29) is 18.8 Å². The minimum absolute atomic E-state index is 0.0646. The number of rotatable bonds is 8. The molecule has 0 radical (unpaired) electrons. The van der Waals surface area contributed by atoms with E-state index < -0.39 is 11.9 Å². The molecule has 0 spiro atoms. The zero-order valence-electron chi connectivity index (χ0n) is 14.0. The molecule has 2 rings (SSSR count). The van der Waals surface area contributed by atoms with Crippen molar-refractivity contribution in [2.24, 2.45) is 0 Å². The second-order valence-corrected chi connectivity index (χ2v) is 5.11. The van der Waals surface area contributed by atoms with E-state index in [2.05, 4.69) is 0 Å². The van der Waals surface area contributed by atoms with Crippen LogP contribution in [0.25, 0.3) is 0 Å². The predicted molar refractivity (Wildman–Crippen MR) is 92.2 cm³/mol. The SMILES string of the molecule is CCOC=C(C(=O)OCc1ccccc1)C(=O)OCc1ccccc1. The van der Waals surface area contributed by atoms with E-state index in [9.17, 15) is 9.59 Å². The average Bonchev–Trinajstić information content (AvgIpc) is 2.66. The van der Waals surface area contributed by atoms with Crippen LogP contribution in [0.2, 0.25) is 0 Å². The summed E-state index contributed by atoms with van der Waals surface area (Å²) in [6, 6.07) is 18.4. The number of carbonyl (C=O) groups excluding carboxylic acids is 2. The summed E-state index contributed by atoms with van der Waals surface area (Å²) in [4.78, 5) is 24.4. The molecule has 0 aliphatic heterocycles. The molecule has 2 aromatic rings. The summed E-state index contributed by atoms with van der Waals surface area (Å²) in [6.45, 7) is 2.20. The second-order valence-electron chi connectivity index (χ2n) is 5.11. The summed E-state index contributed by atoms with van der Waals surface area (Å²) >= 11 is 0. The first-order valence-electron chi connectivity index (χ1n) is 7.94. The van der Waals surface area contributed by atoms with Gasteiger partial charge in [-0.1, -0.05) is 60.7 Å². The van der Waals surface area contributed by atoms with Crippen LogP contribution in [0.3, 0.4) is 0 Å². The van der Waals surface area contributed by atoms with Crippen molar-refractivity contribution in [3.8, 4) is 0 Å². The Morgan fingerprint density at radius 3 is 1.64 bits per heavy atom. The Morgan fingerprint density at radius 1 is 0.800 bits per heavy atom. The molecular formula is C20H20O5. The first kappa shape index (κ1) is 18.3. The molecule has 0 N–H and O–H groups in total. The molecular weight excluding hydrogens is 320 g/mol. The Morgan fingerprint density at radius 2 is 1.24 bits per heavy atom. The minimum Gasteiger partial charge on any atom is -0.500 e.